The number of hydrogen-bond donors (Lipinski definition) is 2. The predicted molar refractivity (Wildman–Crippen MR) is 52.8 cm³/mol. The number of nitrogens with one attached hydrogen (secondary N) is 1. The van der Waals surface area contributed by atoms with E-state index in [1.807, 2.05) is 23.6 Å². The van der Waals surface area contributed by atoms with Crippen LogP contribution in [0.4, 0.5) is 0 Å². The molecule has 0 unspecified atom stereocenters. The van der Waals surface area contributed by atoms with Gasteiger partial charge in [0.25, 0.3) is 0 Å². The van der Waals surface area contributed by atoms with Crippen LogP contribution in [-0.2, 0) is 4.79 Å². The molecule has 1 aromatic carbocycles. The summed E-state index contributed by atoms with van der Waals surface area (Å²) in [6.45, 7) is 3.43. The second-order valence-corrected chi connectivity index (χ2v) is 2.36. The van der Waals surface area contributed by atoms with Gasteiger partial charge in [0.05, 0.1) is 0 Å². The van der Waals surface area contributed by atoms with Crippen LogP contribution in [0.2, 0.25) is 0 Å². The highest BCUT2D eigenvalue weighted by Crippen LogP contribution is 1.92. The van der Waals surface area contributed by atoms with Crippen LogP contribution in [0.25, 0.3) is 0 Å². The highest BCUT2D eigenvalue weighted by atomic mass is 16.2. The summed E-state index contributed by atoms with van der Waals surface area (Å²) in [5.41, 5.74) is 3.21. The summed E-state index contributed by atoms with van der Waals surface area (Å²) in [4.78, 5) is 9.58. The second kappa shape index (κ2) is 8.70. The number of benzene rings is 1. The number of amides is 1. The van der Waals surface area contributed by atoms with Crippen molar-refractivity contribution < 1.29 is 10.3 Å². The Bertz CT molecular complexity index is 224. The van der Waals surface area contributed by atoms with E-state index in [9.17, 15) is 4.79 Å². The van der Waals surface area contributed by atoms with Crippen molar-refractivity contribution in [2.75, 3.05) is 0 Å². The van der Waals surface area contributed by atoms with E-state index in [0.717, 1.165) is 0 Å². The van der Waals surface area contributed by atoms with E-state index in [1.54, 1.807) is 0 Å². The number of carbonyl (C=O) groups excluding carboxylic acids is 1. The quantitative estimate of drug-likeness (QED) is 0.342. The molecular weight excluding hydrogens is 168 g/mol. The highest BCUT2D eigenvalue weighted by Gasteiger charge is 1.73. The minimum absolute atomic E-state index is 0. The van der Waals surface area contributed by atoms with E-state index in [-0.39, 0.29) is 11.4 Å². The molecule has 1 aromatic rings. The van der Waals surface area contributed by atoms with Crippen molar-refractivity contribution in [2.45, 2.75) is 13.8 Å². The number of carbonyl (C=O) groups is 1. The standard InChI is InChI=1S/C7H8.C2H6N2O.H2O/c1-7-5-3-2-4-6-7;1-2(5)4-3;/h2-6H,1H3;3H2,1H3,(H,4,5);1H2. The van der Waals surface area contributed by atoms with Crippen molar-refractivity contribution >= 4 is 5.91 Å². The smallest absolute Gasteiger partial charge is 0.230 e. The van der Waals surface area contributed by atoms with Crippen LogP contribution < -0.4 is 11.3 Å². The first-order valence-corrected chi connectivity index (χ1v) is 3.65. The summed E-state index contributed by atoms with van der Waals surface area (Å²) in [6.07, 6.45) is 0. The Kier molecular flexibility index (Phi) is 9.48. The maximum atomic E-state index is 9.58. The van der Waals surface area contributed by atoms with Crippen molar-refractivity contribution in [3.63, 3.8) is 0 Å². The lowest BCUT2D eigenvalue weighted by molar-refractivity contribution is -0.119. The van der Waals surface area contributed by atoms with Gasteiger partial charge in [-0.25, -0.2) is 5.84 Å². The van der Waals surface area contributed by atoms with Crippen molar-refractivity contribution in [2.24, 2.45) is 5.84 Å². The Morgan fingerprint density at radius 1 is 1.31 bits per heavy atom. The lowest BCUT2D eigenvalue weighted by Gasteiger charge is -1.82. The fourth-order valence-corrected chi connectivity index (χ4v) is 0.534. The molecule has 0 aromatic heterocycles. The monoisotopic (exact) mass is 184 g/mol. The van der Waals surface area contributed by atoms with Crippen LogP contribution in [0.15, 0.2) is 30.3 Å². The fourth-order valence-electron chi connectivity index (χ4n) is 0.534. The third-order valence-corrected chi connectivity index (χ3v) is 1.14. The molecule has 0 aliphatic carbocycles. The van der Waals surface area contributed by atoms with Crippen molar-refractivity contribution in [3.05, 3.63) is 35.9 Å². The number of aryl methyl sites for hydroxylation is 1. The average molecular weight is 184 g/mol. The molecule has 0 saturated carbocycles. The van der Waals surface area contributed by atoms with Gasteiger partial charge in [-0.1, -0.05) is 35.9 Å². The molecule has 1 rings (SSSR count). The Hall–Kier alpha value is -1.39. The third kappa shape index (κ3) is 10.6. The normalized spacial score (nSPS) is 7.31. The number of hydrogen-bond acceptors (Lipinski definition) is 2. The minimum atomic E-state index is -0.218. The van der Waals surface area contributed by atoms with E-state index in [2.05, 4.69) is 24.9 Å². The Labute approximate surface area is 78.0 Å². The van der Waals surface area contributed by atoms with Gasteiger partial charge in [-0.2, -0.15) is 0 Å². The topological polar surface area (TPSA) is 86.6 Å². The molecule has 0 radical (unpaired) electrons. The molecule has 4 heteroatoms. The zero-order chi connectivity index (χ0) is 9.40. The maximum absolute atomic E-state index is 9.58. The van der Waals surface area contributed by atoms with Gasteiger partial charge in [-0.15, -0.1) is 0 Å². The lowest BCUT2D eigenvalue weighted by Crippen LogP contribution is -2.26. The van der Waals surface area contributed by atoms with Crippen LogP contribution in [-0.4, -0.2) is 11.4 Å². The van der Waals surface area contributed by atoms with E-state index in [1.165, 1.54) is 12.5 Å². The minimum Gasteiger partial charge on any atom is -0.412 e. The molecule has 0 fully saturated rings. The van der Waals surface area contributed by atoms with E-state index >= 15 is 0 Å². The van der Waals surface area contributed by atoms with Gasteiger partial charge in [0, 0.05) is 6.92 Å². The first-order chi connectivity index (χ1) is 5.66. The van der Waals surface area contributed by atoms with E-state index in [0.29, 0.717) is 0 Å². The van der Waals surface area contributed by atoms with Crippen LogP contribution in [0, 0.1) is 6.92 Å². The van der Waals surface area contributed by atoms with Crippen LogP contribution in [0.5, 0.6) is 0 Å². The van der Waals surface area contributed by atoms with Gasteiger partial charge in [0.1, 0.15) is 0 Å². The first-order valence-electron chi connectivity index (χ1n) is 3.65. The van der Waals surface area contributed by atoms with Gasteiger partial charge in [-0.3, -0.25) is 10.2 Å². The molecule has 0 aliphatic heterocycles. The maximum Gasteiger partial charge on any atom is 0.230 e. The molecule has 0 atom stereocenters. The number of hydrazine groups is 1. The van der Waals surface area contributed by atoms with Crippen molar-refractivity contribution in [1.82, 2.24) is 5.43 Å². The Morgan fingerprint density at radius 2 is 1.69 bits per heavy atom. The van der Waals surface area contributed by atoms with E-state index < -0.39 is 0 Å². The molecule has 4 nitrogen and oxygen atoms in total. The first kappa shape index (κ1) is 14.2. The van der Waals surface area contributed by atoms with Crippen molar-refractivity contribution in [1.29, 1.82) is 0 Å². The molecule has 0 spiro atoms. The third-order valence-electron chi connectivity index (χ3n) is 1.14. The summed E-state index contributed by atoms with van der Waals surface area (Å²) in [5.74, 6) is 4.35. The van der Waals surface area contributed by atoms with E-state index in [4.69, 9.17) is 0 Å². The van der Waals surface area contributed by atoms with Crippen LogP contribution in [0.3, 0.4) is 0 Å². The zero-order valence-corrected chi connectivity index (χ0v) is 7.87. The molecule has 0 bridgehead atoms. The zero-order valence-electron chi connectivity index (χ0n) is 7.87. The summed E-state index contributed by atoms with van der Waals surface area (Å²) >= 11 is 0. The molecule has 74 valence electrons. The molecule has 0 heterocycles. The van der Waals surface area contributed by atoms with Gasteiger partial charge in [0.2, 0.25) is 5.91 Å². The highest BCUT2D eigenvalue weighted by molar-refractivity contribution is 5.71. The van der Waals surface area contributed by atoms with Crippen LogP contribution >= 0.6 is 0 Å². The molecular formula is C9H16N2O2. The second-order valence-electron chi connectivity index (χ2n) is 2.36. The Morgan fingerprint density at radius 3 is 1.85 bits per heavy atom. The Balaban J connectivity index is 0. The predicted octanol–water partition coefficient (Wildman–Crippen LogP) is 0.167. The summed E-state index contributed by atoms with van der Waals surface area (Å²) in [6, 6.07) is 10.3. The summed E-state index contributed by atoms with van der Waals surface area (Å²) in [5, 5.41) is 0. The van der Waals surface area contributed by atoms with Gasteiger partial charge in [0.15, 0.2) is 0 Å². The van der Waals surface area contributed by atoms with Gasteiger partial charge < -0.3 is 5.48 Å². The summed E-state index contributed by atoms with van der Waals surface area (Å²) in [7, 11) is 0. The number of rotatable bonds is 0. The SMILES string of the molecule is CC(=O)NN.Cc1ccccc1.O. The lowest BCUT2D eigenvalue weighted by atomic mass is 10.2. The largest absolute Gasteiger partial charge is 0.412 e. The summed E-state index contributed by atoms with van der Waals surface area (Å²) < 4.78 is 0. The molecule has 1 amide bonds. The van der Waals surface area contributed by atoms with Gasteiger partial charge >= 0.3 is 0 Å². The average Bonchev–Trinajstić information content (AvgIpc) is 2.07. The molecule has 0 saturated heterocycles. The van der Waals surface area contributed by atoms with Crippen molar-refractivity contribution in [3.8, 4) is 0 Å². The number of nitrogens with two attached hydrogens (primary N) is 1. The fraction of sp³-hybridized carbons (Fsp3) is 0.222. The van der Waals surface area contributed by atoms with Crippen LogP contribution in [0.1, 0.15) is 12.5 Å². The molecule has 5 N–H and O–H groups in total. The van der Waals surface area contributed by atoms with Gasteiger partial charge in [-0.05, 0) is 6.92 Å². The molecule has 0 aliphatic rings. The molecule has 13 heavy (non-hydrogen) atoms.